The zero-order valence-corrected chi connectivity index (χ0v) is 8.37. The third-order valence-electron chi connectivity index (χ3n) is 1.70. The van der Waals surface area contributed by atoms with Gasteiger partial charge in [-0.3, -0.25) is 30.3 Å². The Kier molecular flexibility index (Phi) is 3.76. The highest BCUT2D eigenvalue weighted by Crippen LogP contribution is 2.26. The van der Waals surface area contributed by atoms with Crippen molar-refractivity contribution in [1.29, 1.82) is 0 Å². The van der Waals surface area contributed by atoms with E-state index in [1.165, 1.54) is 5.32 Å². The van der Waals surface area contributed by atoms with Gasteiger partial charge in [0.05, 0.1) is 15.9 Å². The molecule has 0 saturated carbocycles. The van der Waals surface area contributed by atoms with Crippen molar-refractivity contribution >= 4 is 23.1 Å². The number of nitrogens with one attached hydrogen (secondary N) is 1. The normalized spacial score (nSPS) is 10.2. The molecule has 0 radical (unpaired) electrons. The summed E-state index contributed by atoms with van der Waals surface area (Å²) in [6.07, 6.45) is -2.78. The Hall–Kier alpha value is -2.72. The van der Waals surface area contributed by atoms with Crippen molar-refractivity contribution in [2.24, 2.45) is 0 Å². The third kappa shape index (κ3) is 2.90. The number of anilines is 1. The molecule has 0 saturated heterocycles. The number of pyridine rings is 1. The van der Waals surface area contributed by atoms with Crippen LogP contribution in [0.15, 0.2) is 12.3 Å². The van der Waals surface area contributed by atoms with Crippen molar-refractivity contribution in [3.8, 4) is 0 Å². The summed E-state index contributed by atoms with van der Waals surface area (Å²) >= 11 is 0. The van der Waals surface area contributed by atoms with Gasteiger partial charge in [0.1, 0.15) is 6.20 Å². The Labute approximate surface area is 96.7 Å². The molecule has 11 heteroatoms. The topological polar surface area (TPSA) is 128 Å². The number of nitrogens with zero attached hydrogens (tertiary/aromatic N) is 3. The van der Waals surface area contributed by atoms with Crippen LogP contribution in [0.3, 0.4) is 0 Å². The van der Waals surface area contributed by atoms with Gasteiger partial charge in [-0.05, 0) is 0 Å². The third-order valence-corrected chi connectivity index (χ3v) is 1.70. The van der Waals surface area contributed by atoms with Crippen LogP contribution in [-0.2, 0) is 4.79 Å². The molecule has 1 aromatic heterocycles. The summed E-state index contributed by atoms with van der Waals surface area (Å²) in [6.45, 7) is 0. The highest BCUT2D eigenvalue weighted by molar-refractivity contribution is 5.94. The van der Waals surface area contributed by atoms with Gasteiger partial charge < -0.3 is 0 Å². The Bertz CT molecular complexity index is 521. The molecule has 0 unspecified atom stereocenters. The molecule has 0 fully saturated rings. The Morgan fingerprint density at radius 3 is 2.39 bits per heavy atom. The molecule has 0 atom stereocenters. The molecule has 9 nitrogen and oxygen atoms in total. The second-order valence-electron chi connectivity index (χ2n) is 2.87. The second-order valence-corrected chi connectivity index (χ2v) is 2.87. The maximum Gasteiger partial charge on any atom is 0.318 e. The lowest BCUT2D eigenvalue weighted by Crippen LogP contribution is -2.21. The smallest absolute Gasteiger partial charge is 0.300 e. The lowest BCUT2D eigenvalue weighted by molar-refractivity contribution is -0.394. The molecule has 0 spiro atoms. The highest BCUT2D eigenvalue weighted by Gasteiger charge is 2.25. The maximum absolute atomic E-state index is 11.9. The van der Waals surface area contributed by atoms with Gasteiger partial charge in [-0.25, -0.2) is 4.98 Å². The first kappa shape index (κ1) is 13.3. The van der Waals surface area contributed by atoms with E-state index < -0.39 is 39.4 Å². The van der Waals surface area contributed by atoms with Crippen molar-refractivity contribution in [2.45, 2.75) is 6.43 Å². The predicted molar refractivity (Wildman–Crippen MR) is 52.2 cm³/mol. The van der Waals surface area contributed by atoms with E-state index in [0.29, 0.717) is 12.3 Å². The van der Waals surface area contributed by atoms with E-state index in [1.54, 1.807) is 0 Å². The number of hydrogen-bond donors (Lipinski definition) is 1. The van der Waals surface area contributed by atoms with Crippen LogP contribution in [-0.4, -0.2) is 27.2 Å². The van der Waals surface area contributed by atoms with Gasteiger partial charge >= 0.3 is 12.1 Å². The minimum absolute atomic E-state index is 0.508. The summed E-state index contributed by atoms with van der Waals surface area (Å²) in [7, 11) is 0. The van der Waals surface area contributed by atoms with Gasteiger partial charge in [-0.15, -0.1) is 0 Å². The van der Waals surface area contributed by atoms with Gasteiger partial charge in [-0.1, -0.05) is 0 Å². The maximum atomic E-state index is 11.9. The molecule has 1 N–H and O–H groups in total. The SMILES string of the molecule is O=C(Nc1ncc([N+](=O)[O-])cc1[N+](=O)[O-])C(F)F. The fourth-order valence-electron chi connectivity index (χ4n) is 0.949. The largest absolute Gasteiger partial charge is 0.318 e. The fourth-order valence-corrected chi connectivity index (χ4v) is 0.949. The molecule has 1 rings (SSSR count). The van der Waals surface area contributed by atoms with E-state index in [1.807, 2.05) is 0 Å². The van der Waals surface area contributed by atoms with Crippen molar-refractivity contribution in [1.82, 2.24) is 4.98 Å². The van der Waals surface area contributed by atoms with Crippen LogP contribution in [0.2, 0.25) is 0 Å². The minimum atomic E-state index is -3.39. The average Bonchev–Trinajstić information content (AvgIpc) is 2.28. The molecule has 1 heterocycles. The lowest BCUT2D eigenvalue weighted by atomic mass is 10.3. The molecule has 0 bridgehead atoms. The van der Waals surface area contributed by atoms with Crippen LogP contribution in [0.1, 0.15) is 0 Å². The van der Waals surface area contributed by atoms with Crippen LogP contribution < -0.4 is 5.32 Å². The number of amides is 1. The number of carbonyl (C=O) groups is 1. The molecule has 96 valence electrons. The summed E-state index contributed by atoms with van der Waals surface area (Å²) < 4.78 is 23.9. The molecule has 1 amide bonds. The van der Waals surface area contributed by atoms with Gasteiger partial charge in [0.2, 0.25) is 5.82 Å². The monoisotopic (exact) mass is 262 g/mol. The Morgan fingerprint density at radius 1 is 1.33 bits per heavy atom. The summed E-state index contributed by atoms with van der Waals surface area (Å²) in [6, 6.07) is 0.508. The number of rotatable bonds is 4. The minimum Gasteiger partial charge on any atom is -0.300 e. The van der Waals surface area contributed by atoms with Crippen molar-refractivity contribution in [3.63, 3.8) is 0 Å². The Balaban J connectivity index is 3.16. The molecule has 18 heavy (non-hydrogen) atoms. The lowest BCUT2D eigenvalue weighted by Gasteiger charge is -2.03. The molecular formula is C7H4F2N4O5. The van der Waals surface area contributed by atoms with Crippen molar-refractivity contribution in [2.75, 3.05) is 5.32 Å². The van der Waals surface area contributed by atoms with E-state index in [4.69, 9.17) is 0 Å². The number of hydrogen-bond acceptors (Lipinski definition) is 6. The Morgan fingerprint density at radius 2 is 1.94 bits per heavy atom. The van der Waals surface area contributed by atoms with Crippen LogP contribution in [0, 0.1) is 20.2 Å². The number of halogens is 2. The zero-order valence-electron chi connectivity index (χ0n) is 8.37. The summed E-state index contributed by atoms with van der Waals surface area (Å²) in [5, 5.41) is 22.4. The standard InChI is InChI=1S/C7H4F2N4O5/c8-5(9)7(14)11-6-4(13(17)18)1-3(2-10-6)12(15)16/h1-2,5H,(H,10,11,14). The average molecular weight is 262 g/mol. The summed E-state index contributed by atoms with van der Waals surface area (Å²) in [4.78, 5) is 32.7. The van der Waals surface area contributed by atoms with Crippen LogP contribution >= 0.6 is 0 Å². The highest BCUT2D eigenvalue weighted by atomic mass is 19.3. The fraction of sp³-hybridized carbons (Fsp3) is 0.143. The van der Waals surface area contributed by atoms with Gasteiger partial charge in [0.25, 0.3) is 11.6 Å². The number of carbonyl (C=O) groups excluding carboxylic acids is 1. The predicted octanol–water partition coefficient (Wildman–Crippen LogP) is 1.10. The molecule has 0 aliphatic carbocycles. The summed E-state index contributed by atoms with van der Waals surface area (Å²) in [5.74, 6) is -2.57. The molecular weight excluding hydrogens is 258 g/mol. The van der Waals surface area contributed by atoms with E-state index >= 15 is 0 Å². The number of alkyl halides is 2. The molecule has 0 aromatic carbocycles. The summed E-state index contributed by atoms with van der Waals surface area (Å²) in [5.41, 5.74) is -1.64. The first-order chi connectivity index (χ1) is 8.32. The second kappa shape index (κ2) is 5.07. The van der Waals surface area contributed by atoms with Gasteiger partial charge in [-0.2, -0.15) is 8.78 Å². The van der Waals surface area contributed by atoms with Gasteiger partial charge in [0, 0.05) is 0 Å². The quantitative estimate of drug-likeness (QED) is 0.638. The van der Waals surface area contributed by atoms with Crippen molar-refractivity contribution in [3.05, 3.63) is 32.5 Å². The van der Waals surface area contributed by atoms with Crippen LogP contribution in [0.4, 0.5) is 26.0 Å². The van der Waals surface area contributed by atoms with E-state index in [2.05, 4.69) is 4.98 Å². The molecule has 1 aromatic rings. The first-order valence-corrected chi connectivity index (χ1v) is 4.20. The molecule has 0 aliphatic heterocycles. The zero-order chi connectivity index (χ0) is 13.9. The van der Waals surface area contributed by atoms with E-state index in [9.17, 15) is 33.8 Å². The van der Waals surface area contributed by atoms with Crippen LogP contribution in [0.25, 0.3) is 0 Å². The van der Waals surface area contributed by atoms with Crippen LogP contribution in [0.5, 0.6) is 0 Å². The first-order valence-electron chi connectivity index (χ1n) is 4.20. The van der Waals surface area contributed by atoms with E-state index in [0.717, 1.165) is 0 Å². The van der Waals surface area contributed by atoms with Crippen molar-refractivity contribution < 1.29 is 23.4 Å². The molecule has 0 aliphatic rings. The number of nitro groups is 2. The number of aromatic nitrogens is 1. The van der Waals surface area contributed by atoms with E-state index in [-0.39, 0.29) is 0 Å². The van der Waals surface area contributed by atoms with Gasteiger partial charge in [0.15, 0.2) is 0 Å².